The predicted molar refractivity (Wildman–Crippen MR) is 74.1 cm³/mol. The lowest BCUT2D eigenvalue weighted by Crippen LogP contribution is -1.98. The van der Waals surface area contributed by atoms with Gasteiger partial charge < -0.3 is 9.47 Å². The fourth-order valence-corrected chi connectivity index (χ4v) is 1.76. The van der Waals surface area contributed by atoms with Crippen LogP contribution < -0.4 is 9.47 Å². The van der Waals surface area contributed by atoms with Crippen LogP contribution in [0.1, 0.15) is 24.2 Å². The van der Waals surface area contributed by atoms with Crippen molar-refractivity contribution >= 4 is 5.78 Å². The number of hydrogen-bond donors (Lipinski definition) is 0. The number of benzene rings is 2. The Morgan fingerprint density at radius 3 is 2.35 bits per heavy atom. The van der Waals surface area contributed by atoms with Gasteiger partial charge in [-0.15, -0.1) is 0 Å². The summed E-state index contributed by atoms with van der Waals surface area (Å²) < 4.78 is 24.1. The molecule has 20 heavy (non-hydrogen) atoms. The Hall–Kier alpha value is -2.36. The molecule has 2 rings (SSSR count). The summed E-state index contributed by atoms with van der Waals surface area (Å²) >= 11 is 0. The SMILES string of the molecule is CCOc1ccc(Oc2ccc(F)cc2C(C)=O)cc1. The first-order valence-electron chi connectivity index (χ1n) is 6.31. The number of hydrogen-bond acceptors (Lipinski definition) is 3. The fraction of sp³-hybridized carbons (Fsp3) is 0.188. The maximum Gasteiger partial charge on any atom is 0.163 e. The fourth-order valence-electron chi connectivity index (χ4n) is 1.76. The smallest absolute Gasteiger partial charge is 0.163 e. The van der Waals surface area contributed by atoms with Crippen molar-refractivity contribution in [3.63, 3.8) is 0 Å². The van der Waals surface area contributed by atoms with Crippen LogP contribution in [0.25, 0.3) is 0 Å². The van der Waals surface area contributed by atoms with Gasteiger partial charge >= 0.3 is 0 Å². The van der Waals surface area contributed by atoms with Crippen LogP contribution in [0.2, 0.25) is 0 Å². The number of ether oxygens (including phenoxy) is 2. The van der Waals surface area contributed by atoms with Gasteiger partial charge in [0, 0.05) is 0 Å². The lowest BCUT2D eigenvalue weighted by atomic mass is 10.1. The zero-order chi connectivity index (χ0) is 14.5. The molecule has 0 atom stereocenters. The van der Waals surface area contributed by atoms with Crippen molar-refractivity contribution in [2.75, 3.05) is 6.61 Å². The van der Waals surface area contributed by atoms with Gasteiger partial charge in [-0.05, 0) is 56.3 Å². The second kappa shape index (κ2) is 6.19. The van der Waals surface area contributed by atoms with E-state index in [9.17, 15) is 9.18 Å². The van der Waals surface area contributed by atoms with Crippen molar-refractivity contribution in [3.8, 4) is 17.2 Å². The van der Waals surface area contributed by atoms with E-state index in [0.717, 1.165) is 5.75 Å². The van der Waals surface area contributed by atoms with Crippen molar-refractivity contribution in [1.29, 1.82) is 0 Å². The van der Waals surface area contributed by atoms with E-state index in [-0.39, 0.29) is 11.3 Å². The molecule has 0 aliphatic rings. The normalized spacial score (nSPS) is 10.2. The van der Waals surface area contributed by atoms with Gasteiger partial charge in [0.15, 0.2) is 5.78 Å². The van der Waals surface area contributed by atoms with E-state index in [1.54, 1.807) is 24.3 Å². The topological polar surface area (TPSA) is 35.5 Å². The zero-order valence-electron chi connectivity index (χ0n) is 11.4. The maximum absolute atomic E-state index is 13.2. The minimum absolute atomic E-state index is 0.221. The van der Waals surface area contributed by atoms with E-state index >= 15 is 0 Å². The van der Waals surface area contributed by atoms with Gasteiger partial charge in [-0.25, -0.2) is 4.39 Å². The summed E-state index contributed by atoms with van der Waals surface area (Å²) in [5.41, 5.74) is 0.221. The lowest BCUT2D eigenvalue weighted by Gasteiger charge is -2.10. The number of rotatable bonds is 5. The zero-order valence-corrected chi connectivity index (χ0v) is 11.4. The van der Waals surface area contributed by atoms with Gasteiger partial charge in [0.25, 0.3) is 0 Å². The predicted octanol–water partition coefficient (Wildman–Crippen LogP) is 4.22. The van der Waals surface area contributed by atoms with Crippen LogP contribution in [-0.2, 0) is 0 Å². The van der Waals surface area contributed by atoms with Gasteiger partial charge in [0.2, 0.25) is 0 Å². The Balaban J connectivity index is 2.23. The summed E-state index contributed by atoms with van der Waals surface area (Å²) in [7, 11) is 0. The molecule has 0 aliphatic heterocycles. The van der Waals surface area contributed by atoms with Gasteiger partial charge in [0.05, 0.1) is 12.2 Å². The number of ketones is 1. The summed E-state index contributed by atoms with van der Waals surface area (Å²) in [6.07, 6.45) is 0. The second-order valence-electron chi connectivity index (χ2n) is 4.20. The molecule has 104 valence electrons. The highest BCUT2D eigenvalue weighted by atomic mass is 19.1. The molecule has 2 aromatic carbocycles. The molecule has 0 saturated heterocycles. The first-order valence-corrected chi connectivity index (χ1v) is 6.31. The van der Waals surface area contributed by atoms with Crippen molar-refractivity contribution in [1.82, 2.24) is 0 Å². The van der Waals surface area contributed by atoms with Gasteiger partial charge in [-0.2, -0.15) is 0 Å². The first kappa shape index (κ1) is 14.1. The van der Waals surface area contributed by atoms with E-state index in [1.807, 2.05) is 6.92 Å². The monoisotopic (exact) mass is 274 g/mol. The van der Waals surface area contributed by atoms with Crippen molar-refractivity contribution in [2.45, 2.75) is 13.8 Å². The third kappa shape index (κ3) is 3.35. The Morgan fingerprint density at radius 1 is 1.10 bits per heavy atom. The molecule has 0 bridgehead atoms. The van der Waals surface area contributed by atoms with E-state index < -0.39 is 5.82 Å². The molecule has 0 spiro atoms. The second-order valence-corrected chi connectivity index (χ2v) is 4.20. The summed E-state index contributed by atoms with van der Waals surface area (Å²) in [5, 5.41) is 0. The van der Waals surface area contributed by atoms with Crippen molar-refractivity contribution < 1.29 is 18.7 Å². The quantitative estimate of drug-likeness (QED) is 0.766. The van der Waals surface area contributed by atoms with E-state index in [2.05, 4.69) is 0 Å². The molecule has 0 unspecified atom stereocenters. The summed E-state index contributed by atoms with van der Waals surface area (Å²) in [6, 6.07) is 10.9. The molecule has 2 aromatic rings. The number of Topliss-reactive ketones (excluding diaryl/α,β-unsaturated/α-hetero) is 1. The average Bonchev–Trinajstić information content (AvgIpc) is 2.43. The highest BCUT2D eigenvalue weighted by Gasteiger charge is 2.10. The Kier molecular flexibility index (Phi) is 4.35. The van der Waals surface area contributed by atoms with Crippen LogP contribution >= 0.6 is 0 Å². The molecule has 3 nitrogen and oxygen atoms in total. The Labute approximate surface area is 117 Å². The van der Waals surface area contributed by atoms with E-state index in [0.29, 0.717) is 18.1 Å². The minimum atomic E-state index is -0.464. The Bertz CT molecular complexity index is 606. The molecule has 4 heteroatoms. The lowest BCUT2D eigenvalue weighted by molar-refractivity contribution is 0.101. The highest BCUT2D eigenvalue weighted by Crippen LogP contribution is 2.27. The molecule has 0 amide bonds. The van der Waals surface area contributed by atoms with Crippen LogP contribution in [0.5, 0.6) is 17.2 Å². The van der Waals surface area contributed by atoms with Gasteiger partial charge in [0.1, 0.15) is 23.1 Å². The molecule has 0 aromatic heterocycles. The molecule has 0 radical (unpaired) electrons. The van der Waals surface area contributed by atoms with Crippen LogP contribution in [0.3, 0.4) is 0 Å². The van der Waals surface area contributed by atoms with Crippen LogP contribution in [-0.4, -0.2) is 12.4 Å². The third-order valence-electron chi connectivity index (χ3n) is 2.68. The van der Waals surface area contributed by atoms with Crippen LogP contribution in [0, 0.1) is 5.82 Å². The maximum atomic E-state index is 13.2. The summed E-state index contributed by atoms with van der Waals surface area (Å²) in [6.45, 7) is 3.87. The molecular formula is C16H15FO3. The third-order valence-corrected chi connectivity index (χ3v) is 2.68. The highest BCUT2D eigenvalue weighted by molar-refractivity contribution is 5.96. The number of carbonyl (C=O) groups excluding carboxylic acids is 1. The molecule has 0 saturated carbocycles. The molecule has 0 fully saturated rings. The summed E-state index contributed by atoms with van der Waals surface area (Å²) in [5.74, 6) is 0.927. The van der Waals surface area contributed by atoms with Crippen molar-refractivity contribution in [3.05, 3.63) is 53.8 Å². The van der Waals surface area contributed by atoms with E-state index in [4.69, 9.17) is 9.47 Å². The average molecular weight is 274 g/mol. The first-order chi connectivity index (χ1) is 9.60. The number of carbonyl (C=O) groups is 1. The standard InChI is InChI=1S/C16H15FO3/c1-3-19-13-5-7-14(8-6-13)20-16-9-4-12(17)10-15(16)11(2)18/h4-10H,3H2,1-2H3. The molecular weight excluding hydrogens is 259 g/mol. The van der Waals surface area contributed by atoms with Crippen LogP contribution in [0.4, 0.5) is 4.39 Å². The Morgan fingerprint density at radius 2 is 1.75 bits per heavy atom. The largest absolute Gasteiger partial charge is 0.494 e. The van der Waals surface area contributed by atoms with Gasteiger partial charge in [-0.1, -0.05) is 0 Å². The van der Waals surface area contributed by atoms with Crippen molar-refractivity contribution in [2.24, 2.45) is 0 Å². The minimum Gasteiger partial charge on any atom is -0.494 e. The van der Waals surface area contributed by atoms with Gasteiger partial charge in [-0.3, -0.25) is 4.79 Å². The molecule has 0 N–H and O–H groups in total. The van der Waals surface area contributed by atoms with Crippen LogP contribution in [0.15, 0.2) is 42.5 Å². The molecule has 0 aliphatic carbocycles. The molecule has 0 heterocycles. The van der Waals surface area contributed by atoms with E-state index in [1.165, 1.54) is 25.1 Å². The number of halogens is 1. The summed E-state index contributed by atoms with van der Waals surface area (Å²) in [4.78, 5) is 11.5.